The number of thioether (sulfide) groups is 1. The largest absolute Gasteiger partial charge is 0.507 e. The van der Waals surface area contributed by atoms with Crippen molar-refractivity contribution in [2.24, 2.45) is 0 Å². The van der Waals surface area contributed by atoms with E-state index in [9.17, 15) is 9.90 Å². The highest BCUT2D eigenvalue weighted by Gasteiger charge is 2.25. The van der Waals surface area contributed by atoms with E-state index in [1.807, 2.05) is 30.5 Å². The maximum Gasteiger partial charge on any atom is 0.199 e. The monoisotopic (exact) mass is 368 g/mol. The van der Waals surface area contributed by atoms with E-state index >= 15 is 0 Å². The third-order valence-corrected chi connectivity index (χ3v) is 5.16. The van der Waals surface area contributed by atoms with Crippen LogP contribution in [0.3, 0.4) is 0 Å². The predicted octanol–water partition coefficient (Wildman–Crippen LogP) is 5.90. The highest BCUT2D eigenvalue weighted by Crippen LogP contribution is 2.41. The van der Waals surface area contributed by atoms with Crippen LogP contribution in [0, 0.1) is 0 Å². The molecule has 0 bridgehead atoms. The van der Waals surface area contributed by atoms with Gasteiger partial charge in [0.05, 0.1) is 10.6 Å². The van der Waals surface area contributed by atoms with Crippen molar-refractivity contribution in [2.75, 3.05) is 6.26 Å². The zero-order chi connectivity index (χ0) is 17.6. The summed E-state index contributed by atoms with van der Waals surface area (Å²) in [6.45, 7) is 0. The van der Waals surface area contributed by atoms with Crippen molar-refractivity contribution in [3.63, 3.8) is 0 Å². The molecule has 1 heterocycles. The second-order valence-electron chi connectivity index (χ2n) is 5.60. The molecule has 0 saturated heterocycles. The zero-order valence-electron chi connectivity index (χ0n) is 13.2. The molecule has 4 rings (SSSR count). The average Bonchev–Trinajstić information content (AvgIpc) is 3.00. The second kappa shape index (κ2) is 6.14. The van der Waals surface area contributed by atoms with Crippen LogP contribution in [0.5, 0.6) is 5.75 Å². The summed E-state index contributed by atoms with van der Waals surface area (Å²) in [6.07, 6.45) is 1.85. The maximum atomic E-state index is 13.1. The summed E-state index contributed by atoms with van der Waals surface area (Å²) in [5, 5.41) is 13.3. The molecule has 124 valence electrons. The van der Waals surface area contributed by atoms with Crippen molar-refractivity contribution in [2.45, 2.75) is 5.09 Å². The third kappa shape index (κ3) is 2.49. The van der Waals surface area contributed by atoms with Gasteiger partial charge in [-0.2, -0.15) is 0 Å². The fourth-order valence-corrected chi connectivity index (χ4v) is 3.81. The molecule has 0 aliphatic heterocycles. The Balaban J connectivity index is 2.07. The molecule has 25 heavy (non-hydrogen) atoms. The first-order valence-corrected chi connectivity index (χ1v) is 9.22. The van der Waals surface area contributed by atoms with Crippen LogP contribution in [0.25, 0.3) is 21.7 Å². The standard InChI is InChI=1S/C20H13ClO3S/c1-25-20-17(18(23)13-8-4-5-9-15(13)21)14-10-16(22)11-6-2-3-7-12(11)19(14)24-20/h2-10,22H,1H3. The van der Waals surface area contributed by atoms with Gasteiger partial charge in [-0.15, -0.1) is 0 Å². The Morgan fingerprint density at radius 1 is 1.04 bits per heavy atom. The van der Waals surface area contributed by atoms with Gasteiger partial charge in [0.1, 0.15) is 11.3 Å². The number of halogens is 1. The lowest BCUT2D eigenvalue weighted by atomic mass is 10.00. The molecule has 0 spiro atoms. The number of phenolic OH excluding ortho intramolecular Hbond substituents is 1. The van der Waals surface area contributed by atoms with E-state index in [1.165, 1.54) is 11.8 Å². The summed E-state index contributed by atoms with van der Waals surface area (Å²) in [4.78, 5) is 13.1. The van der Waals surface area contributed by atoms with E-state index in [0.717, 1.165) is 5.39 Å². The third-order valence-electron chi connectivity index (χ3n) is 4.17. The molecule has 0 amide bonds. The minimum atomic E-state index is -0.219. The van der Waals surface area contributed by atoms with E-state index in [1.54, 1.807) is 30.3 Å². The first-order chi connectivity index (χ1) is 12.1. The molecule has 0 aliphatic carbocycles. The lowest BCUT2D eigenvalue weighted by Gasteiger charge is -2.05. The van der Waals surface area contributed by atoms with Gasteiger partial charge in [-0.25, -0.2) is 0 Å². The molecule has 0 atom stereocenters. The van der Waals surface area contributed by atoms with Crippen molar-refractivity contribution >= 4 is 50.9 Å². The van der Waals surface area contributed by atoms with Crippen molar-refractivity contribution in [3.05, 3.63) is 70.7 Å². The zero-order valence-corrected chi connectivity index (χ0v) is 14.8. The van der Waals surface area contributed by atoms with Crippen molar-refractivity contribution < 1.29 is 14.3 Å². The lowest BCUT2D eigenvalue weighted by Crippen LogP contribution is -2.02. The minimum Gasteiger partial charge on any atom is -0.507 e. The number of carbonyl (C=O) groups excluding carboxylic acids is 1. The predicted molar refractivity (Wildman–Crippen MR) is 102 cm³/mol. The number of fused-ring (bicyclic) bond motifs is 3. The first kappa shape index (κ1) is 16.1. The first-order valence-electron chi connectivity index (χ1n) is 7.62. The Hall–Kier alpha value is -2.43. The molecule has 0 aliphatic rings. The molecule has 1 aromatic heterocycles. The molecular formula is C20H13ClO3S. The number of phenols is 1. The number of furan rings is 1. The minimum absolute atomic E-state index is 0.116. The van der Waals surface area contributed by atoms with Crippen LogP contribution < -0.4 is 0 Å². The van der Waals surface area contributed by atoms with E-state index in [2.05, 4.69) is 0 Å². The number of hydrogen-bond acceptors (Lipinski definition) is 4. The van der Waals surface area contributed by atoms with Gasteiger partial charge in [0, 0.05) is 21.7 Å². The van der Waals surface area contributed by atoms with Crippen LogP contribution >= 0.6 is 23.4 Å². The summed E-state index contributed by atoms with van der Waals surface area (Å²) >= 11 is 7.55. The Morgan fingerprint density at radius 3 is 2.44 bits per heavy atom. The van der Waals surface area contributed by atoms with Crippen molar-refractivity contribution in [3.8, 4) is 5.75 Å². The van der Waals surface area contributed by atoms with Gasteiger partial charge in [0.15, 0.2) is 10.9 Å². The molecule has 3 aromatic carbocycles. The average molecular weight is 369 g/mol. The van der Waals surface area contributed by atoms with E-state index in [4.69, 9.17) is 16.0 Å². The van der Waals surface area contributed by atoms with Gasteiger partial charge in [0.2, 0.25) is 0 Å². The van der Waals surface area contributed by atoms with Crippen LogP contribution in [0.2, 0.25) is 5.02 Å². The van der Waals surface area contributed by atoms with Crippen LogP contribution in [0.4, 0.5) is 0 Å². The summed E-state index contributed by atoms with van der Waals surface area (Å²) < 4.78 is 5.99. The van der Waals surface area contributed by atoms with Gasteiger partial charge in [0.25, 0.3) is 0 Å². The maximum absolute atomic E-state index is 13.1. The smallest absolute Gasteiger partial charge is 0.199 e. The highest BCUT2D eigenvalue weighted by molar-refractivity contribution is 7.98. The Kier molecular flexibility index (Phi) is 3.94. The SMILES string of the molecule is CSc1oc2c(cc(O)c3ccccc32)c1C(=O)c1ccccc1Cl. The van der Waals surface area contributed by atoms with Gasteiger partial charge >= 0.3 is 0 Å². The van der Waals surface area contributed by atoms with Crippen LogP contribution in [-0.2, 0) is 0 Å². The van der Waals surface area contributed by atoms with Gasteiger partial charge in [-0.1, -0.05) is 59.8 Å². The fourth-order valence-electron chi connectivity index (χ4n) is 3.02. The number of aromatic hydroxyl groups is 1. The Morgan fingerprint density at radius 2 is 1.72 bits per heavy atom. The number of ketones is 1. The molecule has 0 saturated carbocycles. The summed E-state index contributed by atoms with van der Waals surface area (Å²) in [6, 6.07) is 15.9. The summed E-state index contributed by atoms with van der Waals surface area (Å²) in [5.41, 5.74) is 1.43. The fraction of sp³-hybridized carbons (Fsp3) is 0.0500. The topological polar surface area (TPSA) is 50.4 Å². The van der Waals surface area contributed by atoms with Crippen LogP contribution in [-0.4, -0.2) is 17.1 Å². The Labute approximate surface area is 153 Å². The number of rotatable bonds is 3. The molecule has 1 N–H and O–H groups in total. The number of benzene rings is 3. The van der Waals surface area contributed by atoms with Crippen LogP contribution in [0.1, 0.15) is 15.9 Å². The van der Waals surface area contributed by atoms with Gasteiger partial charge < -0.3 is 9.52 Å². The quantitative estimate of drug-likeness (QED) is 0.361. The van der Waals surface area contributed by atoms with E-state index < -0.39 is 0 Å². The van der Waals surface area contributed by atoms with E-state index in [0.29, 0.717) is 37.6 Å². The van der Waals surface area contributed by atoms with Gasteiger partial charge in [-0.05, 0) is 24.5 Å². The van der Waals surface area contributed by atoms with Crippen LogP contribution in [0.15, 0.2) is 64.1 Å². The normalized spacial score (nSPS) is 11.3. The highest BCUT2D eigenvalue weighted by atomic mass is 35.5. The Bertz CT molecular complexity index is 1130. The summed E-state index contributed by atoms with van der Waals surface area (Å²) in [7, 11) is 0. The molecule has 5 heteroatoms. The number of hydrogen-bond donors (Lipinski definition) is 1. The molecule has 4 aromatic rings. The second-order valence-corrected chi connectivity index (χ2v) is 6.78. The molecule has 0 radical (unpaired) electrons. The molecule has 0 fully saturated rings. The molecular weight excluding hydrogens is 356 g/mol. The lowest BCUT2D eigenvalue weighted by molar-refractivity contribution is 0.103. The molecule has 0 unspecified atom stereocenters. The van der Waals surface area contributed by atoms with Gasteiger partial charge in [-0.3, -0.25) is 4.79 Å². The van der Waals surface area contributed by atoms with E-state index in [-0.39, 0.29) is 11.5 Å². The molecule has 3 nitrogen and oxygen atoms in total. The summed E-state index contributed by atoms with van der Waals surface area (Å²) in [5.74, 6) is -0.104. The number of carbonyl (C=O) groups is 1. The van der Waals surface area contributed by atoms with Crippen molar-refractivity contribution in [1.29, 1.82) is 0 Å². The van der Waals surface area contributed by atoms with Crippen molar-refractivity contribution in [1.82, 2.24) is 0 Å².